The van der Waals surface area contributed by atoms with Gasteiger partial charge in [0.15, 0.2) is 11.5 Å². The molecule has 0 spiro atoms. The third-order valence-electron chi connectivity index (χ3n) is 8.51. The van der Waals surface area contributed by atoms with Gasteiger partial charge in [-0.2, -0.15) is 0 Å². The lowest BCUT2D eigenvalue weighted by molar-refractivity contribution is -0.141. The monoisotopic (exact) mass is 681 g/mol. The molecule has 2 aliphatic heterocycles. The Hall–Kier alpha value is -2.44. The van der Waals surface area contributed by atoms with E-state index in [-0.39, 0.29) is 41.9 Å². The zero-order valence-corrected chi connectivity index (χ0v) is 26.1. The van der Waals surface area contributed by atoms with Crippen LogP contribution in [0.2, 0.25) is 0 Å². The summed E-state index contributed by atoms with van der Waals surface area (Å²) in [5.74, 6) is -1.42. The van der Waals surface area contributed by atoms with Gasteiger partial charge in [0, 0.05) is 26.0 Å². The molecule has 0 radical (unpaired) electrons. The number of likely N-dealkylation sites (tertiary alicyclic amines) is 1. The minimum Gasteiger partial charge on any atom is -0.504 e. The van der Waals surface area contributed by atoms with Gasteiger partial charge in [0.05, 0.1) is 41.8 Å². The number of carbonyl (C=O) groups is 3. The number of fused-ring (bicyclic) bond motifs is 3. The Bertz CT molecular complexity index is 1220. The Morgan fingerprint density at radius 3 is 2.61 bits per heavy atom. The second-order valence-corrected chi connectivity index (χ2v) is 12.2. The van der Waals surface area contributed by atoms with Crippen molar-refractivity contribution in [3.63, 3.8) is 0 Å². The number of rotatable bonds is 14. The fourth-order valence-corrected chi connectivity index (χ4v) is 7.15. The van der Waals surface area contributed by atoms with E-state index in [0.717, 1.165) is 39.5 Å². The van der Waals surface area contributed by atoms with E-state index >= 15 is 0 Å². The van der Waals surface area contributed by atoms with Crippen molar-refractivity contribution in [3.8, 4) is 11.5 Å². The number of hydrogen-bond acceptors (Lipinski definition) is 7. The molecule has 41 heavy (non-hydrogen) atoms. The van der Waals surface area contributed by atoms with Crippen LogP contribution in [0.5, 0.6) is 11.5 Å². The molecule has 1 aliphatic carbocycles. The SMILES string of the molecule is CC/C(=C\c1cc(I)c(O)c(OC)c1)CC[C@H]1OC[C@H]2C1=C(COC)C[C@H]1C(=O)N(CCCCCC(=O)O)C(=O)[C@H]12. The fraction of sp³-hybridized carbons (Fsp3) is 0.581. The second-order valence-electron chi connectivity index (χ2n) is 11.0. The van der Waals surface area contributed by atoms with E-state index < -0.39 is 11.9 Å². The van der Waals surface area contributed by atoms with Gasteiger partial charge in [-0.25, -0.2) is 0 Å². The van der Waals surface area contributed by atoms with Crippen molar-refractivity contribution < 1.29 is 38.8 Å². The molecule has 2 saturated heterocycles. The standard InChI is InChI=1S/C31H40INO8/c1-4-18(12-19-13-23(32)29(36)25(14-19)40-3)9-10-24-27-20(16-39-2)15-21-28(22(27)17-41-24)31(38)33(30(21)37)11-7-5-6-8-26(34)35/h12-14,21-22,24,28,36H,4-11,15-17H2,1-3H3,(H,34,35)/b18-12+/t21-,22+,24-,28-/m1/s1. The third kappa shape index (κ3) is 6.97. The number of aromatic hydroxyl groups is 1. The summed E-state index contributed by atoms with van der Waals surface area (Å²) in [6, 6.07) is 3.76. The molecule has 2 N–H and O–H groups in total. The van der Waals surface area contributed by atoms with Gasteiger partial charge in [-0.15, -0.1) is 0 Å². The van der Waals surface area contributed by atoms with E-state index in [1.54, 1.807) is 7.11 Å². The van der Waals surface area contributed by atoms with Crippen molar-refractivity contribution in [3.05, 3.63) is 38.0 Å². The Balaban J connectivity index is 1.47. The van der Waals surface area contributed by atoms with Crippen molar-refractivity contribution in [2.45, 2.75) is 64.4 Å². The molecule has 2 amide bonds. The summed E-state index contributed by atoms with van der Waals surface area (Å²) >= 11 is 2.10. The number of aliphatic carboxylic acids is 1. The van der Waals surface area contributed by atoms with Gasteiger partial charge in [0.1, 0.15) is 0 Å². The van der Waals surface area contributed by atoms with Crippen LogP contribution in [-0.4, -0.2) is 73.0 Å². The van der Waals surface area contributed by atoms with Gasteiger partial charge in [-0.05, 0) is 90.0 Å². The van der Waals surface area contributed by atoms with E-state index in [2.05, 4.69) is 35.6 Å². The predicted octanol–water partition coefficient (Wildman–Crippen LogP) is 5.19. The molecular weight excluding hydrogens is 641 g/mol. The predicted molar refractivity (Wildman–Crippen MR) is 161 cm³/mol. The molecule has 1 aromatic rings. The van der Waals surface area contributed by atoms with E-state index in [9.17, 15) is 19.5 Å². The number of ether oxygens (including phenoxy) is 3. The summed E-state index contributed by atoms with van der Waals surface area (Å²) in [4.78, 5) is 39.0. The topological polar surface area (TPSA) is 123 Å². The number of halogens is 1. The fourth-order valence-electron chi connectivity index (χ4n) is 6.52. The molecule has 4 rings (SSSR count). The molecule has 1 aromatic carbocycles. The maximum atomic E-state index is 13.5. The number of carboxylic acid groups (broad SMARTS) is 1. The van der Waals surface area contributed by atoms with Crippen LogP contribution in [0.25, 0.3) is 6.08 Å². The summed E-state index contributed by atoms with van der Waals surface area (Å²) in [6.07, 6.45) is 6.83. The lowest BCUT2D eigenvalue weighted by Gasteiger charge is -2.31. The van der Waals surface area contributed by atoms with Crippen molar-refractivity contribution in [1.29, 1.82) is 0 Å². The first-order valence-electron chi connectivity index (χ1n) is 14.3. The lowest BCUT2D eigenvalue weighted by atomic mass is 9.69. The van der Waals surface area contributed by atoms with Crippen molar-refractivity contribution in [1.82, 2.24) is 4.90 Å². The molecular formula is C31H40INO8. The smallest absolute Gasteiger partial charge is 0.303 e. The van der Waals surface area contributed by atoms with Gasteiger partial charge in [0.25, 0.3) is 0 Å². The highest BCUT2D eigenvalue weighted by Crippen LogP contribution is 2.50. The number of hydrogen-bond donors (Lipinski definition) is 2. The van der Waals surface area contributed by atoms with E-state index in [1.807, 2.05) is 12.1 Å². The first-order valence-corrected chi connectivity index (χ1v) is 15.4. The van der Waals surface area contributed by atoms with Crippen LogP contribution in [0.15, 0.2) is 28.9 Å². The van der Waals surface area contributed by atoms with Crippen LogP contribution < -0.4 is 4.74 Å². The summed E-state index contributed by atoms with van der Waals surface area (Å²) in [6.45, 7) is 3.28. The Kier molecular flexibility index (Phi) is 10.9. The number of phenolic OH excluding ortho intramolecular Hbond substituents is 1. The number of imide groups is 1. The van der Waals surface area contributed by atoms with Crippen LogP contribution in [0.3, 0.4) is 0 Å². The zero-order chi connectivity index (χ0) is 29.7. The molecule has 4 atom stereocenters. The van der Waals surface area contributed by atoms with Gasteiger partial charge in [-0.1, -0.05) is 25.0 Å². The first kappa shape index (κ1) is 31.5. The minimum absolute atomic E-state index is 0.0962. The van der Waals surface area contributed by atoms with Crippen LogP contribution >= 0.6 is 22.6 Å². The van der Waals surface area contributed by atoms with Gasteiger partial charge in [-0.3, -0.25) is 19.3 Å². The lowest BCUT2D eigenvalue weighted by Crippen LogP contribution is -2.35. The summed E-state index contributed by atoms with van der Waals surface area (Å²) in [5.41, 5.74) is 4.41. The number of carbonyl (C=O) groups excluding carboxylic acids is 2. The number of nitrogens with zero attached hydrogens (tertiary/aromatic N) is 1. The summed E-state index contributed by atoms with van der Waals surface area (Å²) in [7, 11) is 3.19. The molecule has 2 heterocycles. The van der Waals surface area contributed by atoms with Crippen LogP contribution in [-0.2, 0) is 23.9 Å². The summed E-state index contributed by atoms with van der Waals surface area (Å²) in [5, 5.41) is 19.0. The Labute approximate surface area is 255 Å². The average Bonchev–Trinajstić information content (AvgIpc) is 3.47. The first-order chi connectivity index (χ1) is 19.7. The van der Waals surface area contributed by atoms with Crippen LogP contribution in [0, 0.1) is 21.3 Å². The Morgan fingerprint density at radius 2 is 1.93 bits per heavy atom. The van der Waals surface area contributed by atoms with Gasteiger partial charge < -0.3 is 24.4 Å². The molecule has 0 bridgehead atoms. The molecule has 0 unspecified atom stereocenters. The van der Waals surface area contributed by atoms with Crippen molar-refractivity contribution >= 4 is 46.5 Å². The largest absolute Gasteiger partial charge is 0.504 e. The number of carboxylic acids is 1. The summed E-state index contributed by atoms with van der Waals surface area (Å²) < 4.78 is 17.9. The van der Waals surface area contributed by atoms with Crippen molar-refractivity contribution in [2.75, 3.05) is 34.0 Å². The number of phenols is 1. The van der Waals surface area contributed by atoms with Gasteiger partial charge in [0.2, 0.25) is 11.8 Å². The maximum absolute atomic E-state index is 13.5. The van der Waals surface area contributed by atoms with Crippen LogP contribution in [0.4, 0.5) is 0 Å². The maximum Gasteiger partial charge on any atom is 0.303 e. The number of benzene rings is 1. The van der Waals surface area contributed by atoms with E-state index in [4.69, 9.17) is 19.3 Å². The average molecular weight is 682 g/mol. The number of methoxy groups -OCH3 is 2. The van der Waals surface area contributed by atoms with Gasteiger partial charge >= 0.3 is 5.97 Å². The molecule has 0 saturated carbocycles. The number of amides is 2. The molecule has 3 aliphatic rings. The number of unbranched alkanes of at least 4 members (excludes halogenated alkanes) is 2. The highest BCUT2D eigenvalue weighted by atomic mass is 127. The normalized spacial score (nSPS) is 24.2. The highest BCUT2D eigenvalue weighted by molar-refractivity contribution is 14.1. The van der Waals surface area contributed by atoms with Crippen molar-refractivity contribution in [2.24, 2.45) is 17.8 Å². The third-order valence-corrected chi connectivity index (χ3v) is 9.34. The van der Waals surface area contributed by atoms with Crippen LogP contribution in [0.1, 0.15) is 63.9 Å². The molecule has 224 valence electrons. The molecule has 9 nitrogen and oxygen atoms in total. The quantitative estimate of drug-likeness (QED) is 0.119. The zero-order valence-electron chi connectivity index (χ0n) is 24.0. The Morgan fingerprint density at radius 1 is 1.15 bits per heavy atom. The van der Waals surface area contributed by atoms with E-state index in [0.29, 0.717) is 51.2 Å². The number of allylic oxidation sites excluding steroid dienone is 1. The minimum atomic E-state index is -0.832. The molecule has 2 fully saturated rings. The van der Waals surface area contributed by atoms with E-state index in [1.165, 1.54) is 17.6 Å². The molecule has 0 aromatic heterocycles. The second kappa shape index (κ2) is 14.2. The molecule has 10 heteroatoms. The highest BCUT2D eigenvalue weighted by Gasteiger charge is 2.56.